The molecule has 0 radical (unpaired) electrons. The quantitative estimate of drug-likeness (QED) is 0.508. The SMILES string of the molecule is O=[N+]([O-])c1ccc(Cn2cnc(-c3ccccc3)c2C2CC2)cc1F. The second-order valence-corrected chi connectivity index (χ2v) is 6.29. The lowest BCUT2D eigenvalue weighted by Crippen LogP contribution is -2.04. The van der Waals surface area contributed by atoms with Crippen LogP contribution in [0.5, 0.6) is 0 Å². The van der Waals surface area contributed by atoms with E-state index in [1.54, 1.807) is 12.4 Å². The molecule has 126 valence electrons. The van der Waals surface area contributed by atoms with E-state index < -0.39 is 16.4 Å². The van der Waals surface area contributed by atoms with Gasteiger partial charge in [-0.1, -0.05) is 36.4 Å². The predicted octanol–water partition coefficient (Wildman–Crippen LogP) is 4.52. The van der Waals surface area contributed by atoms with Crippen LogP contribution in [-0.4, -0.2) is 14.5 Å². The highest BCUT2D eigenvalue weighted by Gasteiger charge is 2.30. The Morgan fingerprint density at radius 3 is 2.60 bits per heavy atom. The molecule has 1 aliphatic carbocycles. The van der Waals surface area contributed by atoms with E-state index in [4.69, 9.17) is 0 Å². The lowest BCUT2D eigenvalue weighted by atomic mass is 10.1. The van der Waals surface area contributed by atoms with Crippen molar-refractivity contribution in [2.24, 2.45) is 0 Å². The van der Waals surface area contributed by atoms with Gasteiger partial charge in [-0.2, -0.15) is 4.39 Å². The van der Waals surface area contributed by atoms with E-state index in [0.717, 1.165) is 29.8 Å². The first-order valence-electron chi connectivity index (χ1n) is 8.17. The van der Waals surface area contributed by atoms with Crippen molar-refractivity contribution in [2.75, 3.05) is 0 Å². The van der Waals surface area contributed by atoms with Crippen molar-refractivity contribution in [3.8, 4) is 11.3 Å². The molecule has 6 heteroatoms. The van der Waals surface area contributed by atoms with Gasteiger partial charge in [-0.05, 0) is 24.5 Å². The van der Waals surface area contributed by atoms with Gasteiger partial charge in [-0.25, -0.2) is 4.98 Å². The molecule has 0 atom stereocenters. The monoisotopic (exact) mass is 337 g/mol. The van der Waals surface area contributed by atoms with Crippen molar-refractivity contribution in [3.63, 3.8) is 0 Å². The van der Waals surface area contributed by atoms with Gasteiger partial charge in [-0.15, -0.1) is 0 Å². The number of halogens is 1. The summed E-state index contributed by atoms with van der Waals surface area (Å²) in [5.41, 5.74) is 3.37. The Morgan fingerprint density at radius 1 is 1.20 bits per heavy atom. The van der Waals surface area contributed by atoms with E-state index in [2.05, 4.69) is 4.98 Å². The van der Waals surface area contributed by atoms with Crippen LogP contribution in [0.4, 0.5) is 10.1 Å². The summed E-state index contributed by atoms with van der Waals surface area (Å²) in [5, 5.41) is 10.8. The average molecular weight is 337 g/mol. The summed E-state index contributed by atoms with van der Waals surface area (Å²) >= 11 is 0. The minimum absolute atomic E-state index is 0.445. The molecular weight excluding hydrogens is 321 g/mol. The summed E-state index contributed by atoms with van der Waals surface area (Å²) in [6, 6.07) is 14.0. The van der Waals surface area contributed by atoms with Crippen LogP contribution >= 0.6 is 0 Å². The number of imidazole rings is 1. The predicted molar refractivity (Wildman–Crippen MR) is 91.8 cm³/mol. The Hall–Kier alpha value is -3.02. The zero-order valence-corrected chi connectivity index (χ0v) is 13.4. The molecule has 0 bridgehead atoms. The maximum absolute atomic E-state index is 13.9. The third kappa shape index (κ3) is 3.03. The fourth-order valence-electron chi connectivity index (χ4n) is 3.11. The minimum Gasteiger partial charge on any atom is -0.329 e. The molecule has 3 aromatic rings. The normalized spacial score (nSPS) is 13.8. The summed E-state index contributed by atoms with van der Waals surface area (Å²) in [7, 11) is 0. The molecule has 5 nitrogen and oxygen atoms in total. The highest BCUT2D eigenvalue weighted by atomic mass is 19.1. The Bertz CT molecular complexity index is 933. The van der Waals surface area contributed by atoms with E-state index in [1.165, 1.54) is 12.1 Å². The van der Waals surface area contributed by atoms with Gasteiger partial charge >= 0.3 is 5.69 Å². The van der Waals surface area contributed by atoms with E-state index in [-0.39, 0.29) is 0 Å². The van der Waals surface area contributed by atoms with Gasteiger partial charge in [0.1, 0.15) is 0 Å². The van der Waals surface area contributed by atoms with Gasteiger partial charge in [-0.3, -0.25) is 10.1 Å². The standard InChI is InChI=1S/C19H16FN3O2/c20-16-10-13(6-9-17(16)23(24)25)11-22-12-21-18(19(22)15-7-8-15)14-4-2-1-3-5-14/h1-6,9-10,12,15H,7-8,11H2. The van der Waals surface area contributed by atoms with Crippen molar-refractivity contribution in [1.29, 1.82) is 0 Å². The van der Waals surface area contributed by atoms with Gasteiger partial charge in [0.15, 0.2) is 0 Å². The highest BCUT2D eigenvalue weighted by Crippen LogP contribution is 2.44. The maximum Gasteiger partial charge on any atom is 0.304 e. The number of nitro benzene ring substituents is 1. The molecular formula is C19H16FN3O2. The molecule has 0 amide bonds. The molecule has 0 saturated heterocycles. The average Bonchev–Trinajstić information content (AvgIpc) is 3.36. The van der Waals surface area contributed by atoms with Crippen LogP contribution in [0.1, 0.15) is 30.0 Å². The Morgan fingerprint density at radius 2 is 1.96 bits per heavy atom. The van der Waals surface area contributed by atoms with Gasteiger partial charge in [0.2, 0.25) is 5.82 Å². The number of benzene rings is 2. The molecule has 1 heterocycles. The molecule has 4 rings (SSSR count). The van der Waals surface area contributed by atoms with Crippen molar-refractivity contribution in [2.45, 2.75) is 25.3 Å². The van der Waals surface area contributed by atoms with Gasteiger partial charge in [0, 0.05) is 29.8 Å². The molecule has 0 spiro atoms. The summed E-state index contributed by atoms with van der Waals surface area (Å²) in [6.45, 7) is 0.445. The summed E-state index contributed by atoms with van der Waals surface area (Å²) in [4.78, 5) is 14.6. The molecule has 25 heavy (non-hydrogen) atoms. The number of hydrogen-bond acceptors (Lipinski definition) is 3. The molecule has 1 saturated carbocycles. The van der Waals surface area contributed by atoms with Crippen molar-refractivity contribution >= 4 is 5.69 Å². The Labute approximate surface area is 143 Å². The summed E-state index contributed by atoms with van der Waals surface area (Å²) < 4.78 is 15.9. The van der Waals surface area contributed by atoms with Crippen molar-refractivity contribution in [1.82, 2.24) is 9.55 Å². The second-order valence-electron chi connectivity index (χ2n) is 6.29. The molecule has 0 N–H and O–H groups in total. The largest absolute Gasteiger partial charge is 0.329 e. The van der Waals surface area contributed by atoms with Crippen LogP contribution in [0.15, 0.2) is 54.9 Å². The number of nitro groups is 1. The Kier molecular flexibility index (Phi) is 3.80. The second kappa shape index (κ2) is 6.12. The van der Waals surface area contributed by atoms with Crippen LogP contribution in [0.2, 0.25) is 0 Å². The number of aromatic nitrogens is 2. The van der Waals surface area contributed by atoms with Crippen LogP contribution in [0.25, 0.3) is 11.3 Å². The molecule has 1 aliphatic rings. The zero-order valence-electron chi connectivity index (χ0n) is 13.4. The van der Waals surface area contributed by atoms with Gasteiger partial charge < -0.3 is 4.57 Å². The van der Waals surface area contributed by atoms with Crippen LogP contribution in [0.3, 0.4) is 0 Å². The van der Waals surface area contributed by atoms with Gasteiger partial charge in [0.05, 0.1) is 16.9 Å². The Balaban J connectivity index is 1.69. The number of hydrogen-bond donors (Lipinski definition) is 0. The highest BCUT2D eigenvalue weighted by molar-refractivity contribution is 5.63. The lowest BCUT2D eigenvalue weighted by molar-refractivity contribution is -0.387. The maximum atomic E-state index is 13.9. The fourth-order valence-corrected chi connectivity index (χ4v) is 3.11. The van der Waals surface area contributed by atoms with Crippen LogP contribution in [-0.2, 0) is 6.54 Å². The molecule has 1 aromatic heterocycles. The third-order valence-corrected chi connectivity index (χ3v) is 4.45. The first-order chi connectivity index (χ1) is 12.1. The first kappa shape index (κ1) is 15.5. The molecule has 2 aromatic carbocycles. The third-order valence-electron chi connectivity index (χ3n) is 4.45. The van der Waals surface area contributed by atoms with Crippen LogP contribution < -0.4 is 0 Å². The number of rotatable bonds is 5. The summed E-state index contributed by atoms with van der Waals surface area (Å²) in [6.07, 6.45) is 4.02. The molecule has 1 fully saturated rings. The van der Waals surface area contributed by atoms with E-state index >= 15 is 0 Å². The molecule has 0 unspecified atom stereocenters. The topological polar surface area (TPSA) is 61.0 Å². The fraction of sp³-hybridized carbons (Fsp3) is 0.211. The summed E-state index contributed by atoms with van der Waals surface area (Å²) in [5.74, 6) is -0.334. The first-order valence-corrected chi connectivity index (χ1v) is 8.17. The number of nitrogens with zero attached hydrogens (tertiary/aromatic N) is 3. The van der Waals surface area contributed by atoms with Gasteiger partial charge in [0.25, 0.3) is 0 Å². The lowest BCUT2D eigenvalue weighted by Gasteiger charge is -2.10. The van der Waals surface area contributed by atoms with E-state index in [0.29, 0.717) is 18.0 Å². The van der Waals surface area contributed by atoms with E-state index in [9.17, 15) is 14.5 Å². The minimum atomic E-state index is -0.807. The van der Waals surface area contributed by atoms with Crippen molar-refractivity contribution in [3.05, 3.63) is 82.0 Å². The van der Waals surface area contributed by atoms with Crippen molar-refractivity contribution < 1.29 is 9.31 Å². The van der Waals surface area contributed by atoms with Crippen LogP contribution in [0, 0.1) is 15.9 Å². The van der Waals surface area contributed by atoms with E-state index in [1.807, 2.05) is 34.9 Å². The smallest absolute Gasteiger partial charge is 0.304 e. The molecule has 0 aliphatic heterocycles. The zero-order chi connectivity index (χ0) is 17.4.